The number of rotatable bonds is 4. The molecule has 0 amide bonds. The first-order valence-electron chi connectivity index (χ1n) is 8.77. The summed E-state index contributed by atoms with van der Waals surface area (Å²) >= 11 is 0. The highest BCUT2D eigenvalue weighted by Gasteiger charge is 2.30. The summed E-state index contributed by atoms with van der Waals surface area (Å²) in [7, 11) is 1.51. The third-order valence-electron chi connectivity index (χ3n) is 4.65. The summed E-state index contributed by atoms with van der Waals surface area (Å²) in [5, 5.41) is 12.2. The molecule has 0 saturated heterocycles. The Bertz CT molecular complexity index is 1150. The van der Waals surface area contributed by atoms with Crippen LogP contribution in [0.5, 0.6) is 5.88 Å². The molecule has 1 aromatic carbocycles. The number of H-pyrrole nitrogens is 1. The van der Waals surface area contributed by atoms with E-state index >= 15 is 0 Å². The van der Waals surface area contributed by atoms with Gasteiger partial charge in [0.25, 0.3) is 0 Å². The van der Waals surface area contributed by atoms with Crippen LogP contribution in [0.2, 0.25) is 0 Å². The first kappa shape index (κ1) is 18.9. The number of halogens is 3. The predicted molar refractivity (Wildman–Crippen MR) is 99.5 cm³/mol. The van der Waals surface area contributed by atoms with Gasteiger partial charge in [0.2, 0.25) is 5.88 Å². The summed E-state index contributed by atoms with van der Waals surface area (Å²) < 4.78 is 45.7. The van der Waals surface area contributed by atoms with Gasteiger partial charge in [0.1, 0.15) is 22.6 Å². The third-order valence-corrected chi connectivity index (χ3v) is 4.65. The summed E-state index contributed by atoms with van der Waals surface area (Å²) in [6.45, 7) is 3.57. The fourth-order valence-corrected chi connectivity index (χ4v) is 3.19. The smallest absolute Gasteiger partial charge is 0.416 e. The van der Waals surface area contributed by atoms with Crippen molar-refractivity contribution in [3.05, 3.63) is 53.5 Å². The molecule has 10 heteroatoms. The molecule has 0 fully saturated rings. The quantitative estimate of drug-likeness (QED) is 0.554. The number of alkyl halides is 3. The molecule has 1 atom stereocenters. The van der Waals surface area contributed by atoms with Crippen LogP contribution in [0.3, 0.4) is 0 Å². The number of benzene rings is 1. The number of fused-ring (bicyclic) bond motifs is 1. The van der Waals surface area contributed by atoms with Crippen molar-refractivity contribution < 1.29 is 17.9 Å². The minimum absolute atomic E-state index is 0.358. The van der Waals surface area contributed by atoms with Gasteiger partial charge in [-0.15, -0.1) is 0 Å². The molecule has 0 radical (unpaired) electrons. The Labute approximate surface area is 163 Å². The van der Waals surface area contributed by atoms with E-state index in [4.69, 9.17) is 4.74 Å². The molecule has 0 spiro atoms. The van der Waals surface area contributed by atoms with Crippen LogP contribution in [0.1, 0.15) is 29.9 Å². The summed E-state index contributed by atoms with van der Waals surface area (Å²) in [6, 6.07) is 6.39. The number of aromatic amines is 1. The van der Waals surface area contributed by atoms with E-state index in [0.717, 1.165) is 12.1 Å². The normalized spacial score (nSPS) is 13.0. The SMILES string of the molecule is COc1nc(C)nc2c1c(-c1cc[nH]n1)nn2C(C)c1ccc(C(F)(F)F)cc1. The van der Waals surface area contributed by atoms with Crippen molar-refractivity contribution >= 4 is 11.0 Å². The molecule has 4 aromatic rings. The van der Waals surface area contributed by atoms with Gasteiger partial charge in [-0.1, -0.05) is 12.1 Å². The fraction of sp³-hybridized carbons (Fsp3) is 0.263. The van der Waals surface area contributed by atoms with Crippen LogP contribution in [-0.4, -0.2) is 37.1 Å². The van der Waals surface area contributed by atoms with Gasteiger partial charge in [0.15, 0.2) is 5.65 Å². The zero-order valence-electron chi connectivity index (χ0n) is 15.8. The second-order valence-corrected chi connectivity index (χ2v) is 6.53. The van der Waals surface area contributed by atoms with Crippen molar-refractivity contribution in [2.24, 2.45) is 0 Å². The lowest BCUT2D eigenvalue weighted by molar-refractivity contribution is -0.137. The molecule has 150 valence electrons. The van der Waals surface area contributed by atoms with Crippen molar-refractivity contribution in [2.45, 2.75) is 26.1 Å². The van der Waals surface area contributed by atoms with E-state index in [1.54, 1.807) is 23.9 Å². The third kappa shape index (κ3) is 3.30. The summed E-state index contributed by atoms with van der Waals surface area (Å²) in [6.07, 6.45) is -2.72. The van der Waals surface area contributed by atoms with Crippen LogP contribution in [0.15, 0.2) is 36.5 Å². The Balaban J connectivity index is 1.88. The minimum atomic E-state index is -4.38. The van der Waals surface area contributed by atoms with E-state index in [0.29, 0.717) is 39.7 Å². The van der Waals surface area contributed by atoms with Crippen LogP contribution in [0, 0.1) is 6.92 Å². The molecule has 7 nitrogen and oxygen atoms in total. The van der Waals surface area contributed by atoms with Gasteiger partial charge in [0.05, 0.1) is 18.7 Å². The number of nitrogens with zero attached hydrogens (tertiary/aromatic N) is 5. The van der Waals surface area contributed by atoms with Crippen molar-refractivity contribution in [3.63, 3.8) is 0 Å². The second kappa shape index (κ2) is 6.87. The molecule has 0 aliphatic rings. The highest BCUT2D eigenvalue weighted by Crippen LogP contribution is 2.35. The Morgan fingerprint density at radius 3 is 2.41 bits per heavy atom. The van der Waals surface area contributed by atoms with Crippen LogP contribution in [0.25, 0.3) is 22.4 Å². The average Bonchev–Trinajstić information content (AvgIpc) is 3.34. The van der Waals surface area contributed by atoms with E-state index in [-0.39, 0.29) is 6.04 Å². The number of hydrogen-bond donors (Lipinski definition) is 1. The highest BCUT2D eigenvalue weighted by atomic mass is 19.4. The van der Waals surface area contributed by atoms with Crippen molar-refractivity contribution in [3.8, 4) is 17.3 Å². The predicted octanol–water partition coefficient (Wildman–Crippen LogP) is 4.16. The van der Waals surface area contributed by atoms with Gasteiger partial charge in [-0.25, -0.2) is 9.67 Å². The lowest BCUT2D eigenvalue weighted by Gasteiger charge is -2.15. The fourth-order valence-electron chi connectivity index (χ4n) is 3.19. The van der Waals surface area contributed by atoms with E-state index in [9.17, 15) is 13.2 Å². The molecule has 0 aliphatic heterocycles. The zero-order chi connectivity index (χ0) is 20.8. The molecule has 0 bridgehead atoms. The maximum atomic E-state index is 12.9. The largest absolute Gasteiger partial charge is 0.480 e. The van der Waals surface area contributed by atoms with Crippen LogP contribution in [-0.2, 0) is 6.18 Å². The first-order chi connectivity index (χ1) is 13.8. The molecular formula is C19H17F3N6O. The van der Waals surface area contributed by atoms with Crippen molar-refractivity contribution in [1.82, 2.24) is 29.9 Å². The maximum absolute atomic E-state index is 12.9. The first-order valence-corrected chi connectivity index (χ1v) is 8.77. The molecule has 29 heavy (non-hydrogen) atoms. The standard InChI is InChI=1S/C19H17F3N6O/c1-10(12-4-6-13(7-5-12)19(20,21)22)28-17-15(18(29-3)25-11(2)24-17)16(27-28)14-8-9-23-26-14/h4-10H,1-3H3,(H,23,26). The average molecular weight is 402 g/mol. The van der Waals surface area contributed by atoms with Crippen LogP contribution in [0.4, 0.5) is 13.2 Å². The van der Waals surface area contributed by atoms with E-state index in [1.807, 2.05) is 6.92 Å². The molecule has 4 rings (SSSR count). The summed E-state index contributed by atoms with van der Waals surface area (Å²) in [5.41, 5.74) is 1.58. The summed E-state index contributed by atoms with van der Waals surface area (Å²) in [5.74, 6) is 0.847. The zero-order valence-corrected chi connectivity index (χ0v) is 15.8. The minimum Gasteiger partial charge on any atom is -0.480 e. The second-order valence-electron chi connectivity index (χ2n) is 6.53. The summed E-state index contributed by atoms with van der Waals surface area (Å²) in [4.78, 5) is 8.83. The van der Waals surface area contributed by atoms with E-state index < -0.39 is 11.7 Å². The number of hydrogen-bond acceptors (Lipinski definition) is 5. The number of nitrogens with one attached hydrogen (secondary N) is 1. The molecule has 3 aromatic heterocycles. The number of aryl methyl sites for hydroxylation is 1. The van der Waals surface area contributed by atoms with Crippen LogP contribution >= 0.6 is 0 Å². The number of ether oxygens (including phenoxy) is 1. The molecular weight excluding hydrogens is 385 g/mol. The maximum Gasteiger partial charge on any atom is 0.416 e. The lowest BCUT2D eigenvalue weighted by Crippen LogP contribution is -2.11. The number of aromatic nitrogens is 6. The van der Waals surface area contributed by atoms with Gasteiger partial charge < -0.3 is 4.74 Å². The molecule has 0 saturated carbocycles. The van der Waals surface area contributed by atoms with Crippen LogP contribution < -0.4 is 4.74 Å². The van der Waals surface area contributed by atoms with E-state index in [1.165, 1.54) is 19.2 Å². The molecule has 1 unspecified atom stereocenters. The monoisotopic (exact) mass is 402 g/mol. The lowest BCUT2D eigenvalue weighted by atomic mass is 10.1. The van der Waals surface area contributed by atoms with E-state index in [2.05, 4.69) is 25.3 Å². The Kier molecular flexibility index (Phi) is 4.48. The molecule has 3 heterocycles. The van der Waals surface area contributed by atoms with Gasteiger partial charge in [-0.3, -0.25) is 5.10 Å². The molecule has 0 aliphatic carbocycles. The Hall–Kier alpha value is -3.43. The van der Waals surface area contributed by atoms with Gasteiger partial charge >= 0.3 is 6.18 Å². The highest BCUT2D eigenvalue weighted by molar-refractivity contribution is 5.94. The van der Waals surface area contributed by atoms with Gasteiger partial charge in [0, 0.05) is 6.20 Å². The van der Waals surface area contributed by atoms with Gasteiger partial charge in [-0.2, -0.15) is 28.4 Å². The van der Waals surface area contributed by atoms with Gasteiger partial charge in [-0.05, 0) is 37.6 Å². The van der Waals surface area contributed by atoms with Crippen molar-refractivity contribution in [1.29, 1.82) is 0 Å². The Morgan fingerprint density at radius 1 is 1.10 bits per heavy atom. The number of methoxy groups -OCH3 is 1. The van der Waals surface area contributed by atoms with Crippen molar-refractivity contribution in [2.75, 3.05) is 7.11 Å². The topological polar surface area (TPSA) is 81.5 Å². The Morgan fingerprint density at radius 2 is 1.83 bits per heavy atom. The molecule has 1 N–H and O–H groups in total.